The number of nitrogens with one attached hydrogen (secondary N) is 1. The van der Waals surface area contributed by atoms with Gasteiger partial charge in [0.1, 0.15) is 5.75 Å². The van der Waals surface area contributed by atoms with Crippen LogP contribution in [0.4, 0.5) is 14.5 Å². The fourth-order valence-corrected chi connectivity index (χ4v) is 3.31. The Morgan fingerprint density at radius 2 is 2.00 bits per heavy atom. The lowest BCUT2D eigenvalue weighted by Gasteiger charge is -2.31. The van der Waals surface area contributed by atoms with Crippen molar-refractivity contribution in [3.8, 4) is 5.75 Å². The Morgan fingerprint density at radius 1 is 1.29 bits per heavy atom. The average Bonchev–Trinajstić information content (AvgIpc) is 3.09. The monoisotopic (exact) mass is 392 g/mol. The smallest absolute Gasteiger partial charge is 0.387 e. The highest BCUT2D eigenvalue weighted by Crippen LogP contribution is 2.29. The van der Waals surface area contributed by atoms with Crippen molar-refractivity contribution in [2.75, 3.05) is 18.4 Å². The number of hydrogen-bond acceptors (Lipinski definition) is 4. The summed E-state index contributed by atoms with van der Waals surface area (Å²) < 4.78 is 31.3. The molecule has 7 nitrogen and oxygen atoms in total. The minimum atomic E-state index is -3.03. The lowest BCUT2D eigenvalue weighted by molar-refractivity contribution is -0.143. The van der Waals surface area contributed by atoms with Gasteiger partial charge in [-0.2, -0.15) is 13.9 Å². The van der Waals surface area contributed by atoms with Crippen molar-refractivity contribution >= 4 is 17.5 Å². The van der Waals surface area contributed by atoms with Gasteiger partial charge in [-0.05, 0) is 48.9 Å². The van der Waals surface area contributed by atoms with Gasteiger partial charge >= 0.3 is 18.4 Å². The second kappa shape index (κ2) is 8.37. The number of benzene rings is 1. The number of ether oxygens (including phenoxy) is 1. The Bertz CT molecular complexity index is 861. The molecular formula is C19H22F2N4O3. The van der Waals surface area contributed by atoms with Gasteiger partial charge in [-0.1, -0.05) is 6.07 Å². The number of aromatic nitrogens is 2. The molecule has 2 amide bonds. The topological polar surface area (TPSA) is 76.5 Å². The molecule has 0 spiro atoms. The Hall–Kier alpha value is -2.97. The Kier molecular flexibility index (Phi) is 5.91. The van der Waals surface area contributed by atoms with Crippen molar-refractivity contribution in [1.82, 2.24) is 14.7 Å². The fraction of sp³-hybridized carbons (Fsp3) is 0.421. The van der Waals surface area contributed by atoms with Crippen molar-refractivity contribution < 1.29 is 23.1 Å². The molecule has 1 saturated heterocycles. The van der Waals surface area contributed by atoms with Gasteiger partial charge in [0.25, 0.3) is 0 Å². The van der Waals surface area contributed by atoms with Crippen LogP contribution in [0, 0.1) is 6.92 Å². The van der Waals surface area contributed by atoms with Crippen LogP contribution in [-0.4, -0.2) is 46.2 Å². The molecule has 1 aliphatic heterocycles. The van der Waals surface area contributed by atoms with Crippen molar-refractivity contribution in [2.45, 2.75) is 32.3 Å². The number of likely N-dealkylation sites (tertiary alicyclic amines) is 1. The van der Waals surface area contributed by atoms with E-state index in [1.54, 1.807) is 17.7 Å². The molecular weight excluding hydrogens is 370 g/mol. The summed E-state index contributed by atoms with van der Waals surface area (Å²) in [5.41, 5.74) is 1.85. The molecule has 1 aliphatic rings. The third kappa shape index (κ3) is 4.65. The van der Waals surface area contributed by atoms with Crippen molar-refractivity contribution in [2.24, 2.45) is 7.05 Å². The van der Waals surface area contributed by atoms with Crippen LogP contribution < -0.4 is 10.1 Å². The van der Waals surface area contributed by atoms with Gasteiger partial charge in [-0.25, -0.2) is 0 Å². The molecule has 1 N–H and O–H groups in total. The Labute approximate surface area is 161 Å². The van der Waals surface area contributed by atoms with Crippen LogP contribution in [-0.2, 0) is 16.6 Å². The van der Waals surface area contributed by atoms with Crippen LogP contribution in [0.25, 0.3) is 0 Å². The Morgan fingerprint density at radius 3 is 2.61 bits per heavy atom. The number of carbonyl (C=O) groups is 2. The van der Waals surface area contributed by atoms with E-state index < -0.39 is 18.4 Å². The van der Waals surface area contributed by atoms with Crippen LogP contribution in [0.3, 0.4) is 0 Å². The molecule has 9 heteroatoms. The molecule has 2 heterocycles. The highest BCUT2D eigenvalue weighted by Gasteiger charge is 2.28. The summed E-state index contributed by atoms with van der Waals surface area (Å²) in [5, 5.41) is 6.55. The number of carbonyl (C=O) groups excluding carboxylic acids is 2. The third-order valence-corrected chi connectivity index (χ3v) is 4.77. The average molecular weight is 392 g/mol. The zero-order valence-electron chi connectivity index (χ0n) is 15.7. The third-order valence-electron chi connectivity index (χ3n) is 4.77. The van der Waals surface area contributed by atoms with Crippen molar-refractivity contribution in [1.29, 1.82) is 0 Å². The number of nitrogens with zero attached hydrogens (tertiary/aromatic N) is 3. The summed E-state index contributed by atoms with van der Waals surface area (Å²) in [4.78, 5) is 26.3. The van der Waals surface area contributed by atoms with E-state index in [1.165, 1.54) is 17.0 Å². The molecule has 28 heavy (non-hydrogen) atoms. The van der Waals surface area contributed by atoms with E-state index in [1.807, 2.05) is 19.4 Å². The zero-order valence-corrected chi connectivity index (χ0v) is 15.7. The van der Waals surface area contributed by atoms with Gasteiger partial charge < -0.3 is 15.0 Å². The highest BCUT2D eigenvalue weighted by molar-refractivity contribution is 6.39. The standard InChI is InChI=1S/C19H22F2N4O3/c1-12-3-4-15(16(9-12)28-19(20)21)23-17(26)18(27)25-7-5-13(6-8-25)14-10-22-24(2)11-14/h3-4,9-11,13,19H,5-8H2,1-2H3,(H,23,26). The van der Waals surface area contributed by atoms with Gasteiger partial charge in [-0.15, -0.1) is 0 Å². The quantitative estimate of drug-likeness (QED) is 0.812. The number of anilines is 1. The van der Waals surface area contributed by atoms with E-state index >= 15 is 0 Å². The number of amides is 2. The molecule has 0 atom stereocenters. The number of alkyl halides is 2. The van der Waals surface area contributed by atoms with E-state index in [-0.39, 0.29) is 11.4 Å². The molecule has 0 saturated carbocycles. The molecule has 3 rings (SSSR count). The molecule has 0 unspecified atom stereocenters. The zero-order chi connectivity index (χ0) is 20.3. The van der Waals surface area contributed by atoms with Crippen molar-refractivity contribution in [3.05, 3.63) is 41.7 Å². The fourth-order valence-electron chi connectivity index (χ4n) is 3.31. The van der Waals surface area contributed by atoms with E-state index in [4.69, 9.17) is 0 Å². The van der Waals surface area contributed by atoms with Crippen LogP contribution in [0.15, 0.2) is 30.6 Å². The first-order valence-electron chi connectivity index (χ1n) is 8.97. The highest BCUT2D eigenvalue weighted by atomic mass is 19.3. The maximum atomic E-state index is 12.6. The van der Waals surface area contributed by atoms with Gasteiger partial charge in [0, 0.05) is 26.3 Å². The van der Waals surface area contributed by atoms with Crippen LogP contribution in [0.5, 0.6) is 5.75 Å². The number of hydrogen-bond donors (Lipinski definition) is 1. The van der Waals surface area contributed by atoms with E-state index in [0.717, 1.165) is 18.4 Å². The van der Waals surface area contributed by atoms with Gasteiger partial charge in [-0.3, -0.25) is 14.3 Å². The lowest BCUT2D eigenvalue weighted by atomic mass is 9.91. The van der Waals surface area contributed by atoms with E-state index in [2.05, 4.69) is 15.2 Å². The number of halogens is 2. The van der Waals surface area contributed by atoms with Crippen LogP contribution in [0.1, 0.15) is 29.9 Å². The van der Waals surface area contributed by atoms with Crippen LogP contribution in [0.2, 0.25) is 0 Å². The summed E-state index contributed by atoms with van der Waals surface area (Å²) >= 11 is 0. The molecule has 0 radical (unpaired) electrons. The number of aryl methyl sites for hydroxylation is 2. The first-order chi connectivity index (χ1) is 13.3. The number of piperidine rings is 1. The maximum absolute atomic E-state index is 12.6. The minimum Gasteiger partial charge on any atom is -0.433 e. The summed E-state index contributed by atoms with van der Waals surface area (Å²) in [7, 11) is 1.85. The van der Waals surface area contributed by atoms with Gasteiger partial charge in [0.2, 0.25) is 0 Å². The predicted octanol–water partition coefficient (Wildman–Crippen LogP) is 2.67. The number of rotatable bonds is 4. The van der Waals surface area contributed by atoms with Gasteiger partial charge in [0.15, 0.2) is 0 Å². The molecule has 150 valence electrons. The van der Waals surface area contributed by atoms with Crippen molar-refractivity contribution in [3.63, 3.8) is 0 Å². The molecule has 1 aromatic heterocycles. The minimum absolute atomic E-state index is 0.0366. The molecule has 0 bridgehead atoms. The lowest BCUT2D eigenvalue weighted by Crippen LogP contribution is -2.43. The van der Waals surface area contributed by atoms with E-state index in [9.17, 15) is 18.4 Å². The van der Waals surface area contributed by atoms with E-state index in [0.29, 0.717) is 24.6 Å². The SMILES string of the molecule is Cc1ccc(NC(=O)C(=O)N2CCC(c3cnn(C)c3)CC2)c(OC(F)F)c1. The second-order valence-corrected chi connectivity index (χ2v) is 6.85. The Balaban J connectivity index is 1.60. The second-order valence-electron chi connectivity index (χ2n) is 6.85. The summed E-state index contributed by atoms with van der Waals surface area (Å²) in [6.45, 7) is -0.429. The summed E-state index contributed by atoms with van der Waals surface area (Å²) in [6.07, 6.45) is 5.23. The first-order valence-corrected chi connectivity index (χ1v) is 8.97. The van der Waals surface area contributed by atoms with Crippen LogP contribution >= 0.6 is 0 Å². The largest absolute Gasteiger partial charge is 0.433 e. The molecule has 1 fully saturated rings. The normalized spacial score (nSPS) is 15.0. The van der Waals surface area contributed by atoms with Gasteiger partial charge in [0.05, 0.1) is 11.9 Å². The summed E-state index contributed by atoms with van der Waals surface area (Å²) in [6, 6.07) is 4.45. The molecule has 2 aromatic rings. The molecule has 1 aromatic carbocycles. The maximum Gasteiger partial charge on any atom is 0.387 e. The first kappa shape index (κ1) is 19.8. The predicted molar refractivity (Wildman–Crippen MR) is 98.2 cm³/mol. The summed E-state index contributed by atoms with van der Waals surface area (Å²) in [5.74, 6) is -1.44. The molecule has 0 aliphatic carbocycles.